The number of carbonyl (C=O) groups is 2. The van der Waals surface area contributed by atoms with Crippen LogP contribution < -0.4 is 0 Å². The second-order valence-electron chi connectivity index (χ2n) is 5.50. The Balaban J connectivity index is 2.70. The fourth-order valence-electron chi connectivity index (χ4n) is 2.11. The van der Waals surface area contributed by atoms with Gasteiger partial charge in [0.05, 0.1) is 5.92 Å². The van der Waals surface area contributed by atoms with Gasteiger partial charge in [-0.2, -0.15) is 0 Å². The number of carbonyl (C=O) groups excluding carboxylic acids is 1. The van der Waals surface area contributed by atoms with Gasteiger partial charge in [0.1, 0.15) is 5.60 Å². The van der Waals surface area contributed by atoms with Gasteiger partial charge in [0.25, 0.3) is 0 Å². The Morgan fingerprint density at radius 2 is 1.94 bits per heavy atom. The van der Waals surface area contributed by atoms with Crippen molar-refractivity contribution >= 4 is 12.1 Å². The first-order chi connectivity index (χ1) is 7.72. The summed E-state index contributed by atoms with van der Waals surface area (Å²) in [5.41, 5.74) is -0.525. The highest BCUT2D eigenvalue weighted by molar-refractivity contribution is 5.75. The van der Waals surface area contributed by atoms with E-state index in [2.05, 4.69) is 0 Å². The lowest BCUT2D eigenvalue weighted by Crippen LogP contribution is -2.49. The van der Waals surface area contributed by atoms with Gasteiger partial charge in [0.2, 0.25) is 0 Å². The van der Waals surface area contributed by atoms with Gasteiger partial charge < -0.3 is 14.7 Å². The molecule has 1 aliphatic rings. The number of piperidine rings is 1. The number of esters is 1. The molecule has 0 saturated carbocycles. The second-order valence-corrected chi connectivity index (χ2v) is 5.50. The SMILES string of the molecule is C[C@@H]1[C@H](C(=O)OC(C)(C)C)CCCN1C(=O)O. The molecule has 0 unspecified atom stereocenters. The lowest BCUT2D eigenvalue weighted by Gasteiger charge is -2.37. The Morgan fingerprint density at radius 1 is 1.35 bits per heavy atom. The Bertz CT molecular complexity index is 308. The van der Waals surface area contributed by atoms with E-state index in [0.717, 1.165) is 0 Å². The molecule has 5 heteroatoms. The van der Waals surface area contributed by atoms with Crippen LogP contribution >= 0.6 is 0 Å². The van der Waals surface area contributed by atoms with E-state index < -0.39 is 11.7 Å². The van der Waals surface area contributed by atoms with Crippen molar-refractivity contribution < 1.29 is 19.4 Å². The van der Waals surface area contributed by atoms with Crippen LogP contribution in [0.15, 0.2) is 0 Å². The third-order valence-electron chi connectivity index (χ3n) is 2.94. The van der Waals surface area contributed by atoms with Gasteiger partial charge in [-0.15, -0.1) is 0 Å². The molecule has 1 amide bonds. The molecule has 1 rings (SSSR count). The Morgan fingerprint density at radius 3 is 2.41 bits per heavy atom. The van der Waals surface area contributed by atoms with Crippen LogP contribution in [-0.4, -0.2) is 40.3 Å². The number of rotatable bonds is 1. The van der Waals surface area contributed by atoms with Crippen molar-refractivity contribution in [3.05, 3.63) is 0 Å². The predicted octanol–water partition coefficient (Wildman–Crippen LogP) is 2.11. The van der Waals surface area contributed by atoms with Crippen molar-refractivity contribution in [3.8, 4) is 0 Å². The van der Waals surface area contributed by atoms with Crippen molar-refractivity contribution in [3.63, 3.8) is 0 Å². The van der Waals surface area contributed by atoms with E-state index in [1.165, 1.54) is 4.90 Å². The van der Waals surface area contributed by atoms with Gasteiger partial charge in [-0.05, 0) is 40.5 Å². The Kier molecular flexibility index (Phi) is 4.01. The summed E-state index contributed by atoms with van der Waals surface area (Å²) in [4.78, 5) is 24.3. The van der Waals surface area contributed by atoms with Crippen LogP contribution in [0.25, 0.3) is 0 Å². The van der Waals surface area contributed by atoms with E-state index >= 15 is 0 Å². The summed E-state index contributed by atoms with van der Waals surface area (Å²) < 4.78 is 5.32. The van der Waals surface area contributed by atoms with Gasteiger partial charge in [-0.1, -0.05) is 0 Å². The highest BCUT2D eigenvalue weighted by Crippen LogP contribution is 2.26. The molecule has 0 aromatic rings. The highest BCUT2D eigenvalue weighted by atomic mass is 16.6. The molecule has 98 valence electrons. The van der Waals surface area contributed by atoms with E-state index in [1.54, 1.807) is 6.92 Å². The summed E-state index contributed by atoms with van der Waals surface area (Å²) in [5.74, 6) is -0.643. The molecule has 17 heavy (non-hydrogen) atoms. The van der Waals surface area contributed by atoms with Crippen LogP contribution in [0.5, 0.6) is 0 Å². The minimum absolute atomic E-state index is 0.295. The number of hydrogen-bond acceptors (Lipinski definition) is 3. The first kappa shape index (κ1) is 13.8. The van der Waals surface area contributed by atoms with Crippen LogP contribution in [-0.2, 0) is 9.53 Å². The molecule has 5 nitrogen and oxygen atoms in total. The average Bonchev–Trinajstić information content (AvgIpc) is 2.14. The van der Waals surface area contributed by atoms with Gasteiger partial charge in [-0.3, -0.25) is 4.79 Å². The van der Waals surface area contributed by atoms with Crippen LogP contribution in [0.4, 0.5) is 4.79 Å². The lowest BCUT2D eigenvalue weighted by molar-refractivity contribution is -0.163. The quantitative estimate of drug-likeness (QED) is 0.716. The first-order valence-corrected chi connectivity index (χ1v) is 5.95. The zero-order valence-corrected chi connectivity index (χ0v) is 10.9. The topological polar surface area (TPSA) is 66.8 Å². The second kappa shape index (κ2) is 4.94. The number of carboxylic acid groups (broad SMARTS) is 1. The maximum absolute atomic E-state index is 12.0. The average molecular weight is 243 g/mol. The molecule has 1 heterocycles. The molecule has 0 aliphatic carbocycles. The molecule has 2 atom stereocenters. The van der Waals surface area contributed by atoms with Crippen molar-refractivity contribution in [1.82, 2.24) is 4.90 Å². The maximum atomic E-state index is 12.0. The van der Waals surface area contributed by atoms with Gasteiger partial charge in [-0.25, -0.2) is 4.79 Å². The van der Waals surface area contributed by atoms with Crippen molar-refractivity contribution in [2.24, 2.45) is 5.92 Å². The standard InChI is InChI=1S/C12H21NO4/c1-8-9(10(14)17-12(2,3)4)6-5-7-13(8)11(15)16/h8-9H,5-7H2,1-4H3,(H,15,16)/t8-,9-/m1/s1. The summed E-state index contributed by atoms with van der Waals surface area (Å²) in [6.07, 6.45) is 0.436. The molecule has 0 spiro atoms. The molecular formula is C12H21NO4. The highest BCUT2D eigenvalue weighted by Gasteiger charge is 2.37. The molecule has 1 N–H and O–H groups in total. The number of ether oxygens (including phenoxy) is 1. The van der Waals surface area contributed by atoms with Crippen LogP contribution in [0.3, 0.4) is 0 Å². The zero-order chi connectivity index (χ0) is 13.2. The van der Waals surface area contributed by atoms with Gasteiger partial charge in [0.15, 0.2) is 0 Å². The zero-order valence-electron chi connectivity index (χ0n) is 10.9. The third-order valence-corrected chi connectivity index (χ3v) is 2.94. The lowest BCUT2D eigenvalue weighted by atomic mass is 9.90. The summed E-state index contributed by atoms with van der Waals surface area (Å²) in [6.45, 7) is 7.70. The van der Waals surface area contributed by atoms with E-state index in [-0.39, 0.29) is 17.9 Å². The molecular weight excluding hydrogens is 222 g/mol. The van der Waals surface area contributed by atoms with E-state index in [4.69, 9.17) is 9.84 Å². The number of nitrogens with zero attached hydrogens (tertiary/aromatic N) is 1. The number of likely N-dealkylation sites (tertiary alicyclic amines) is 1. The molecule has 0 aromatic carbocycles. The fraction of sp³-hybridized carbons (Fsp3) is 0.833. The van der Waals surface area contributed by atoms with Gasteiger partial charge in [0, 0.05) is 12.6 Å². The van der Waals surface area contributed by atoms with Crippen LogP contribution in [0.1, 0.15) is 40.5 Å². The Hall–Kier alpha value is -1.26. The minimum Gasteiger partial charge on any atom is -0.465 e. The summed E-state index contributed by atoms with van der Waals surface area (Å²) in [6, 6.07) is -0.309. The molecule has 1 saturated heterocycles. The number of hydrogen-bond donors (Lipinski definition) is 1. The molecule has 1 aliphatic heterocycles. The van der Waals surface area contributed by atoms with Crippen LogP contribution in [0, 0.1) is 5.92 Å². The maximum Gasteiger partial charge on any atom is 0.407 e. The summed E-state index contributed by atoms with van der Waals surface area (Å²) in [7, 11) is 0. The largest absolute Gasteiger partial charge is 0.465 e. The van der Waals surface area contributed by atoms with Crippen molar-refractivity contribution in [2.45, 2.75) is 52.2 Å². The molecule has 1 fully saturated rings. The molecule has 0 aromatic heterocycles. The molecule has 0 bridgehead atoms. The van der Waals surface area contributed by atoms with E-state index in [0.29, 0.717) is 19.4 Å². The predicted molar refractivity (Wildman–Crippen MR) is 62.8 cm³/mol. The van der Waals surface area contributed by atoms with E-state index in [9.17, 15) is 9.59 Å². The molecule has 0 radical (unpaired) electrons. The minimum atomic E-state index is -0.967. The normalized spacial score (nSPS) is 25.5. The smallest absolute Gasteiger partial charge is 0.407 e. The van der Waals surface area contributed by atoms with Crippen molar-refractivity contribution in [2.75, 3.05) is 6.54 Å². The third kappa shape index (κ3) is 3.61. The summed E-state index contributed by atoms with van der Waals surface area (Å²) >= 11 is 0. The first-order valence-electron chi connectivity index (χ1n) is 5.95. The monoisotopic (exact) mass is 243 g/mol. The van der Waals surface area contributed by atoms with Crippen LogP contribution in [0.2, 0.25) is 0 Å². The Labute approximate surface area is 102 Å². The summed E-state index contributed by atoms with van der Waals surface area (Å²) in [5, 5.41) is 9.01. The number of amides is 1. The van der Waals surface area contributed by atoms with Gasteiger partial charge >= 0.3 is 12.1 Å². The van der Waals surface area contributed by atoms with E-state index in [1.807, 2.05) is 20.8 Å². The van der Waals surface area contributed by atoms with Crippen molar-refractivity contribution in [1.29, 1.82) is 0 Å². The fourth-order valence-corrected chi connectivity index (χ4v) is 2.11.